The van der Waals surface area contributed by atoms with E-state index in [1.807, 2.05) is 38.1 Å². The first-order chi connectivity index (χ1) is 16.7. The molecule has 4 rings (SSSR count). The number of hydrogen-bond acceptors (Lipinski definition) is 7. The molecule has 0 aliphatic carbocycles. The second-order valence-corrected chi connectivity index (χ2v) is 10.6. The van der Waals surface area contributed by atoms with Gasteiger partial charge in [-0.15, -0.1) is 0 Å². The predicted molar refractivity (Wildman–Crippen MR) is 139 cm³/mol. The molecule has 0 bridgehead atoms. The van der Waals surface area contributed by atoms with Gasteiger partial charge in [-0.1, -0.05) is 37.3 Å². The Morgan fingerprint density at radius 3 is 2.60 bits per heavy atom. The molecule has 1 atom stereocenters. The van der Waals surface area contributed by atoms with Crippen LogP contribution in [0.2, 0.25) is 0 Å². The molecule has 10 heteroatoms. The van der Waals surface area contributed by atoms with Crippen molar-refractivity contribution in [1.29, 1.82) is 0 Å². The van der Waals surface area contributed by atoms with Crippen LogP contribution in [0.1, 0.15) is 52.0 Å². The summed E-state index contributed by atoms with van der Waals surface area (Å²) < 4.78 is 1.71. The Kier molecular flexibility index (Phi) is 7.49. The first-order valence-electron chi connectivity index (χ1n) is 12.0. The Bertz CT molecular complexity index is 1260. The standard InChI is InChI=1S/C25H32N6O3S/c1-15(2)17-7-9-19(10-8-17)28-20(32)13-31-14-26-22-21(24(31)34)35-25(29-22)30-11-5-6-18(12-30)23(33)27-16(3)4/h7-10,14-16,18H,5-6,11-13H2,1-4H3,(H,27,33)(H,28,32). The van der Waals surface area contributed by atoms with Gasteiger partial charge < -0.3 is 15.5 Å². The number of nitrogens with one attached hydrogen (secondary N) is 2. The molecule has 2 aromatic heterocycles. The summed E-state index contributed by atoms with van der Waals surface area (Å²) in [6.45, 7) is 9.32. The molecule has 1 aliphatic heterocycles. The molecule has 1 aliphatic rings. The second kappa shape index (κ2) is 10.6. The van der Waals surface area contributed by atoms with E-state index in [2.05, 4.69) is 39.3 Å². The van der Waals surface area contributed by atoms with Crippen LogP contribution in [0.3, 0.4) is 0 Å². The molecule has 1 saturated heterocycles. The second-order valence-electron chi connectivity index (χ2n) is 9.60. The van der Waals surface area contributed by atoms with Crippen molar-refractivity contribution in [3.63, 3.8) is 0 Å². The molecule has 1 aromatic carbocycles. The molecule has 35 heavy (non-hydrogen) atoms. The largest absolute Gasteiger partial charge is 0.354 e. The smallest absolute Gasteiger partial charge is 0.273 e. The molecule has 0 spiro atoms. The minimum atomic E-state index is -0.301. The third-order valence-electron chi connectivity index (χ3n) is 6.04. The number of carbonyl (C=O) groups is 2. The van der Waals surface area contributed by atoms with Gasteiger partial charge in [0.05, 0.1) is 5.92 Å². The number of fused-ring (bicyclic) bond motifs is 1. The molecular formula is C25H32N6O3S. The molecule has 0 radical (unpaired) electrons. The highest BCUT2D eigenvalue weighted by Gasteiger charge is 2.28. The van der Waals surface area contributed by atoms with Crippen molar-refractivity contribution in [3.05, 3.63) is 46.5 Å². The zero-order valence-electron chi connectivity index (χ0n) is 20.6. The van der Waals surface area contributed by atoms with Crippen LogP contribution in [0.15, 0.2) is 35.4 Å². The Hall–Kier alpha value is -3.27. The van der Waals surface area contributed by atoms with Gasteiger partial charge >= 0.3 is 0 Å². The van der Waals surface area contributed by atoms with Crippen molar-refractivity contribution < 1.29 is 9.59 Å². The van der Waals surface area contributed by atoms with E-state index in [4.69, 9.17) is 0 Å². The fraction of sp³-hybridized carbons (Fsp3) is 0.480. The summed E-state index contributed by atoms with van der Waals surface area (Å²) in [5.41, 5.74) is 1.94. The number of carbonyl (C=O) groups excluding carboxylic acids is 2. The average Bonchev–Trinajstić information content (AvgIpc) is 3.26. The number of hydrogen-bond donors (Lipinski definition) is 2. The van der Waals surface area contributed by atoms with Crippen molar-refractivity contribution in [2.45, 2.75) is 59.0 Å². The Balaban J connectivity index is 1.46. The van der Waals surface area contributed by atoms with Crippen molar-refractivity contribution in [2.24, 2.45) is 5.92 Å². The van der Waals surface area contributed by atoms with Crippen LogP contribution >= 0.6 is 11.3 Å². The Labute approximate surface area is 208 Å². The summed E-state index contributed by atoms with van der Waals surface area (Å²) in [6, 6.07) is 7.78. The van der Waals surface area contributed by atoms with E-state index < -0.39 is 0 Å². The SMILES string of the molecule is CC(C)NC(=O)C1CCCN(c2nc3ncn(CC(=O)Nc4ccc(C(C)C)cc4)c(=O)c3s2)C1. The van der Waals surface area contributed by atoms with Crippen LogP contribution in [0.4, 0.5) is 10.8 Å². The van der Waals surface area contributed by atoms with Gasteiger partial charge in [0.15, 0.2) is 10.8 Å². The number of nitrogens with zero attached hydrogens (tertiary/aromatic N) is 4. The third-order valence-corrected chi connectivity index (χ3v) is 7.13. The number of aromatic nitrogens is 3. The van der Waals surface area contributed by atoms with Gasteiger partial charge in [-0.2, -0.15) is 4.98 Å². The van der Waals surface area contributed by atoms with Gasteiger partial charge in [0.1, 0.15) is 17.6 Å². The highest BCUT2D eigenvalue weighted by molar-refractivity contribution is 7.22. The minimum absolute atomic E-state index is 0.0520. The van der Waals surface area contributed by atoms with Gasteiger partial charge in [0, 0.05) is 24.8 Å². The van der Waals surface area contributed by atoms with Crippen LogP contribution < -0.4 is 21.1 Å². The van der Waals surface area contributed by atoms with Crippen LogP contribution in [0.25, 0.3) is 10.3 Å². The van der Waals surface area contributed by atoms with Gasteiger partial charge in [0.25, 0.3) is 5.56 Å². The van der Waals surface area contributed by atoms with Crippen LogP contribution in [-0.2, 0) is 16.1 Å². The Morgan fingerprint density at radius 1 is 1.17 bits per heavy atom. The van der Waals surface area contributed by atoms with Gasteiger partial charge in [-0.05, 0) is 50.3 Å². The molecule has 9 nitrogen and oxygen atoms in total. The minimum Gasteiger partial charge on any atom is -0.354 e. The quantitative estimate of drug-likeness (QED) is 0.519. The normalized spacial score (nSPS) is 16.2. The van der Waals surface area contributed by atoms with E-state index in [0.717, 1.165) is 19.4 Å². The number of piperidine rings is 1. The molecule has 186 valence electrons. The fourth-order valence-corrected chi connectivity index (χ4v) is 5.16. The molecule has 1 unspecified atom stereocenters. The first kappa shape index (κ1) is 24.8. The zero-order chi connectivity index (χ0) is 25.1. The molecule has 3 aromatic rings. The lowest BCUT2D eigenvalue weighted by molar-refractivity contribution is -0.125. The molecule has 2 N–H and O–H groups in total. The summed E-state index contributed by atoms with van der Waals surface area (Å²) in [5, 5.41) is 6.50. The zero-order valence-corrected chi connectivity index (χ0v) is 21.4. The fourth-order valence-electron chi connectivity index (χ4n) is 4.16. The molecule has 3 heterocycles. The van der Waals surface area contributed by atoms with Crippen molar-refractivity contribution in [1.82, 2.24) is 19.9 Å². The van der Waals surface area contributed by atoms with Crippen molar-refractivity contribution >= 4 is 44.3 Å². The van der Waals surface area contributed by atoms with Crippen LogP contribution in [0, 0.1) is 5.92 Å². The summed E-state index contributed by atoms with van der Waals surface area (Å²) in [6.07, 6.45) is 3.08. The molecule has 1 fully saturated rings. The number of anilines is 2. The lowest BCUT2D eigenvalue weighted by atomic mass is 9.97. The maximum absolute atomic E-state index is 13.1. The van der Waals surface area contributed by atoms with Crippen molar-refractivity contribution in [2.75, 3.05) is 23.3 Å². The lowest BCUT2D eigenvalue weighted by Gasteiger charge is -2.32. The van der Waals surface area contributed by atoms with E-state index in [9.17, 15) is 14.4 Å². The summed E-state index contributed by atoms with van der Waals surface area (Å²) >= 11 is 1.26. The van der Waals surface area contributed by atoms with E-state index in [1.54, 1.807) is 0 Å². The predicted octanol–water partition coefficient (Wildman–Crippen LogP) is 3.36. The van der Waals surface area contributed by atoms with E-state index >= 15 is 0 Å². The maximum Gasteiger partial charge on any atom is 0.273 e. The lowest BCUT2D eigenvalue weighted by Crippen LogP contribution is -2.44. The topological polar surface area (TPSA) is 109 Å². The average molecular weight is 497 g/mol. The molecular weight excluding hydrogens is 464 g/mol. The highest BCUT2D eigenvalue weighted by atomic mass is 32.1. The third kappa shape index (κ3) is 5.87. The van der Waals surface area contributed by atoms with Gasteiger partial charge in [-0.3, -0.25) is 19.0 Å². The van der Waals surface area contributed by atoms with Gasteiger partial charge in [-0.25, -0.2) is 4.98 Å². The monoisotopic (exact) mass is 496 g/mol. The number of rotatable bonds is 7. The summed E-state index contributed by atoms with van der Waals surface area (Å²) in [7, 11) is 0. The summed E-state index contributed by atoms with van der Waals surface area (Å²) in [5.74, 6) is 0.0518. The molecule has 2 amide bonds. The van der Waals surface area contributed by atoms with E-state index in [1.165, 1.54) is 27.8 Å². The van der Waals surface area contributed by atoms with E-state index in [0.29, 0.717) is 33.6 Å². The Morgan fingerprint density at radius 2 is 1.91 bits per heavy atom. The van der Waals surface area contributed by atoms with E-state index in [-0.39, 0.29) is 35.9 Å². The van der Waals surface area contributed by atoms with Crippen LogP contribution in [0.5, 0.6) is 0 Å². The summed E-state index contributed by atoms with van der Waals surface area (Å²) in [4.78, 5) is 49.0. The maximum atomic E-state index is 13.1. The number of benzene rings is 1. The van der Waals surface area contributed by atoms with Crippen LogP contribution in [-0.4, -0.2) is 45.5 Å². The number of amides is 2. The molecule has 0 saturated carbocycles. The van der Waals surface area contributed by atoms with Crippen molar-refractivity contribution in [3.8, 4) is 0 Å². The van der Waals surface area contributed by atoms with Gasteiger partial charge in [0.2, 0.25) is 11.8 Å². The highest BCUT2D eigenvalue weighted by Crippen LogP contribution is 2.29. The first-order valence-corrected chi connectivity index (χ1v) is 12.8. The number of thiazole rings is 1.